The van der Waals surface area contributed by atoms with Crippen molar-refractivity contribution in [2.75, 3.05) is 14.2 Å². The summed E-state index contributed by atoms with van der Waals surface area (Å²) in [6.07, 6.45) is 0. The van der Waals surface area contributed by atoms with Gasteiger partial charge >= 0.3 is 0 Å². The molecule has 0 atom stereocenters. The molecule has 1 saturated carbocycles. The monoisotopic (exact) mass is 262 g/mol. The summed E-state index contributed by atoms with van der Waals surface area (Å²) in [5.74, 6) is 1.47. The number of hydrogen-bond donors (Lipinski definition) is 0. The summed E-state index contributed by atoms with van der Waals surface area (Å²) in [5, 5.41) is 0. The highest BCUT2D eigenvalue weighted by Crippen LogP contribution is 2.69. The standard InChI is InChI=1S/C16H22O3/c1-15(2)14(16(15,3)4)13(17)11-9-10(18-5)7-8-12(11)19-6/h7-9,14H,1-6H3. The van der Waals surface area contributed by atoms with E-state index in [-0.39, 0.29) is 22.5 Å². The smallest absolute Gasteiger partial charge is 0.170 e. The lowest BCUT2D eigenvalue weighted by molar-refractivity contribution is 0.0941. The molecule has 2 rings (SSSR count). The van der Waals surface area contributed by atoms with E-state index in [2.05, 4.69) is 27.7 Å². The highest BCUT2D eigenvalue weighted by atomic mass is 16.5. The number of rotatable bonds is 4. The number of hydrogen-bond acceptors (Lipinski definition) is 3. The molecule has 1 fully saturated rings. The van der Waals surface area contributed by atoms with Gasteiger partial charge in [-0.15, -0.1) is 0 Å². The Morgan fingerprint density at radius 3 is 2.05 bits per heavy atom. The molecular weight excluding hydrogens is 240 g/mol. The maximum Gasteiger partial charge on any atom is 0.170 e. The molecule has 0 heterocycles. The van der Waals surface area contributed by atoms with Gasteiger partial charge in [-0.05, 0) is 29.0 Å². The van der Waals surface area contributed by atoms with Gasteiger partial charge in [-0.2, -0.15) is 0 Å². The predicted molar refractivity (Wildman–Crippen MR) is 74.9 cm³/mol. The first-order valence-electron chi connectivity index (χ1n) is 6.53. The summed E-state index contributed by atoms with van der Waals surface area (Å²) < 4.78 is 10.5. The van der Waals surface area contributed by atoms with E-state index in [0.29, 0.717) is 17.1 Å². The third kappa shape index (κ3) is 1.92. The zero-order valence-corrected chi connectivity index (χ0v) is 12.5. The van der Waals surface area contributed by atoms with Crippen LogP contribution in [0.3, 0.4) is 0 Å². The van der Waals surface area contributed by atoms with Gasteiger partial charge in [0.15, 0.2) is 5.78 Å². The molecule has 1 aromatic rings. The Kier molecular flexibility index (Phi) is 3.12. The fraction of sp³-hybridized carbons (Fsp3) is 0.562. The Balaban J connectivity index is 2.40. The molecule has 19 heavy (non-hydrogen) atoms. The van der Waals surface area contributed by atoms with Crippen molar-refractivity contribution in [3.8, 4) is 11.5 Å². The Hall–Kier alpha value is -1.51. The van der Waals surface area contributed by atoms with Crippen LogP contribution in [0.1, 0.15) is 38.1 Å². The molecule has 0 aliphatic heterocycles. The third-order valence-electron chi connectivity index (χ3n) is 4.96. The highest BCUT2D eigenvalue weighted by Gasteiger charge is 2.68. The zero-order chi connectivity index (χ0) is 14.4. The van der Waals surface area contributed by atoms with Crippen LogP contribution in [0.15, 0.2) is 18.2 Å². The van der Waals surface area contributed by atoms with Crippen molar-refractivity contribution >= 4 is 5.78 Å². The molecule has 3 nitrogen and oxygen atoms in total. The Morgan fingerprint density at radius 1 is 1.05 bits per heavy atom. The van der Waals surface area contributed by atoms with Gasteiger partial charge in [-0.25, -0.2) is 0 Å². The predicted octanol–water partition coefficient (Wildman–Crippen LogP) is 3.57. The number of ketones is 1. The molecule has 0 unspecified atom stereocenters. The summed E-state index contributed by atoms with van der Waals surface area (Å²) >= 11 is 0. The van der Waals surface area contributed by atoms with Gasteiger partial charge in [-0.3, -0.25) is 4.79 Å². The Morgan fingerprint density at radius 2 is 1.63 bits per heavy atom. The molecular formula is C16H22O3. The second kappa shape index (κ2) is 4.26. The number of methoxy groups -OCH3 is 2. The van der Waals surface area contributed by atoms with Crippen molar-refractivity contribution in [3.63, 3.8) is 0 Å². The minimum atomic E-state index is 0.0260. The van der Waals surface area contributed by atoms with E-state index in [1.54, 1.807) is 32.4 Å². The number of carbonyl (C=O) groups is 1. The van der Waals surface area contributed by atoms with E-state index < -0.39 is 0 Å². The van der Waals surface area contributed by atoms with Crippen LogP contribution in [0, 0.1) is 16.7 Å². The van der Waals surface area contributed by atoms with Crippen LogP contribution < -0.4 is 9.47 Å². The molecule has 0 N–H and O–H groups in total. The molecule has 1 aliphatic rings. The maximum atomic E-state index is 12.8. The summed E-state index contributed by atoms with van der Waals surface area (Å²) in [6, 6.07) is 5.36. The van der Waals surface area contributed by atoms with E-state index in [4.69, 9.17) is 9.47 Å². The first kappa shape index (κ1) is 13.9. The second-order valence-electron chi connectivity index (χ2n) is 6.31. The van der Waals surface area contributed by atoms with Gasteiger partial charge < -0.3 is 9.47 Å². The molecule has 3 heteroatoms. The van der Waals surface area contributed by atoms with Gasteiger partial charge in [0.2, 0.25) is 0 Å². The van der Waals surface area contributed by atoms with Gasteiger partial charge in [0.1, 0.15) is 11.5 Å². The van der Waals surface area contributed by atoms with Gasteiger partial charge in [0.25, 0.3) is 0 Å². The van der Waals surface area contributed by atoms with Crippen molar-refractivity contribution in [2.45, 2.75) is 27.7 Å². The van der Waals surface area contributed by atoms with Crippen molar-refractivity contribution in [1.29, 1.82) is 0 Å². The Labute approximate surface area is 114 Å². The van der Waals surface area contributed by atoms with Crippen LogP contribution in [0.4, 0.5) is 0 Å². The van der Waals surface area contributed by atoms with E-state index in [1.807, 2.05) is 0 Å². The van der Waals surface area contributed by atoms with Gasteiger partial charge in [0, 0.05) is 5.92 Å². The number of carbonyl (C=O) groups excluding carboxylic acids is 1. The van der Waals surface area contributed by atoms with Crippen molar-refractivity contribution < 1.29 is 14.3 Å². The SMILES string of the molecule is COc1ccc(OC)c(C(=O)C2C(C)(C)C2(C)C)c1. The van der Waals surface area contributed by atoms with E-state index >= 15 is 0 Å². The Bertz CT molecular complexity index is 501. The molecule has 1 aliphatic carbocycles. The quantitative estimate of drug-likeness (QED) is 0.778. The van der Waals surface area contributed by atoms with Crippen molar-refractivity contribution in [3.05, 3.63) is 23.8 Å². The fourth-order valence-corrected chi connectivity index (χ4v) is 3.01. The summed E-state index contributed by atoms with van der Waals surface area (Å²) in [7, 11) is 3.18. The summed E-state index contributed by atoms with van der Waals surface area (Å²) in [6.45, 7) is 8.56. The molecule has 0 bridgehead atoms. The van der Waals surface area contributed by atoms with Crippen LogP contribution in [-0.2, 0) is 0 Å². The number of ether oxygens (including phenoxy) is 2. The van der Waals surface area contributed by atoms with Crippen LogP contribution in [0.5, 0.6) is 11.5 Å². The lowest BCUT2D eigenvalue weighted by atomic mass is 10.00. The molecule has 104 valence electrons. The van der Waals surface area contributed by atoms with Crippen LogP contribution in [-0.4, -0.2) is 20.0 Å². The largest absolute Gasteiger partial charge is 0.497 e. The molecule has 0 radical (unpaired) electrons. The number of Topliss-reactive ketones (excluding diaryl/α,β-unsaturated/α-hetero) is 1. The highest BCUT2D eigenvalue weighted by molar-refractivity contribution is 6.03. The zero-order valence-electron chi connectivity index (χ0n) is 12.5. The van der Waals surface area contributed by atoms with Crippen LogP contribution in [0.25, 0.3) is 0 Å². The first-order chi connectivity index (χ1) is 8.77. The minimum Gasteiger partial charge on any atom is -0.497 e. The lowest BCUT2D eigenvalue weighted by Gasteiger charge is -2.10. The fourth-order valence-electron chi connectivity index (χ4n) is 3.01. The van der Waals surface area contributed by atoms with Crippen LogP contribution in [0.2, 0.25) is 0 Å². The van der Waals surface area contributed by atoms with Gasteiger partial charge in [-0.1, -0.05) is 27.7 Å². The maximum absolute atomic E-state index is 12.8. The van der Waals surface area contributed by atoms with Crippen molar-refractivity contribution in [2.24, 2.45) is 16.7 Å². The summed E-state index contributed by atoms with van der Waals surface area (Å²) in [5.41, 5.74) is 0.668. The molecule has 0 spiro atoms. The number of benzene rings is 1. The van der Waals surface area contributed by atoms with E-state index in [1.165, 1.54) is 0 Å². The second-order valence-corrected chi connectivity index (χ2v) is 6.31. The molecule has 1 aromatic carbocycles. The average molecular weight is 262 g/mol. The molecule has 0 aromatic heterocycles. The molecule has 0 saturated heterocycles. The lowest BCUT2D eigenvalue weighted by Crippen LogP contribution is -2.09. The van der Waals surface area contributed by atoms with Crippen molar-refractivity contribution in [1.82, 2.24) is 0 Å². The van der Waals surface area contributed by atoms with Crippen LogP contribution >= 0.6 is 0 Å². The normalized spacial score (nSPS) is 19.9. The van der Waals surface area contributed by atoms with E-state index in [0.717, 1.165) is 0 Å². The minimum absolute atomic E-state index is 0.0260. The van der Waals surface area contributed by atoms with E-state index in [9.17, 15) is 4.79 Å². The third-order valence-corrected chi connectivity index (χ3v) is 4.96. The first-order valence-corrected chi connectivity index (χ1v) is 6.53. The molecule has 0 amide bonds. The topological polar surface area (TPSA) is 35.5 Å². The average Bonchev–Trinajstić information content (AvgIpc) is 2.78. The summed E-state index contributed by atoms with van der Waals surface area (Å²) in [4.78, 5) is 12.8. The van der Waals surface area contributed by atoms with Gasteiger partial charge in [0.05, 0.1) is 19.8 Å².